The van der Waals surface area contributed by atoms with E-state index in [0.29, 0.717) is 0 Å². The van der Waals surface area contributed by atoms with Gasteiger partial charge in [-0.15, -0.1) is 0 Å². The average molecular weight is 313 g/mol. The van der Waals surface area contributed by atoms with Gasteiger partial charge in [-0.25, -0.2) is 0 Å². The summed E-state index contributed by atoms with van der Waals surface area (Å²) >= 11 is 0. The van der Waals surface area contributed by atoms with Crippen LogP contribution in [0.1, 0.15) is 33.1 Å². The van der Waals surface area contributed by atoms with Crippen molar-refractivity contribution in [2.45, 2.75) is 39.2 Å². The molecule has 0 aliphatic heterocycles. The van der Waals surface area contributed by atoms with Crippen LogP contribution in [-0.2, 0) is 0 Å². The molecule has 3 nitrogen and oxygen atoms in total. The van der Waals surface area contributed by atoms with Gasteiger partial charge < -0.3 is 14.8 Å². The summed E-state index contributed by atoms with van der Waals surface area (Å²) in [5.41, 5.74) is 1.09. The monoisotopic (exact) mass is 313 g/mol. The van der Waals surface area contributed by atoms with E-state index in [1.165, 1.54) is 0 Å². The summed E-state index contributed by atoms with van der Waals surface area (Å²) in [4.78, 5) is 0. The highest BCUT2D eigenvalue weighted by molar-refractivity contribution is 5.46. The molecule has 0 aliphatic rings. The van der Waals surface area contributed by atoms with Gasteiger partial charge in [-0.1, -0.05) is 38.5 Å². The van der Waals surface area contributed by atoms with Crippen molar-refractivity contribution >= 4 is 5.69 Å². The summed E-state index contributed by atoms with van der Waals surface area (Å²) in [7, 11) is 0. The lowest BCUT2D eigenvalue weighted by Gasteiger charge is -2.19. The first kappa shape index (κ1) is 17.2. The molecule has 0 saturated carbocycles. The molecule has 0 saturated heterocycles. The maximum absolute atomic E-state index is 5.99. The van der Waals surface area contributed by atoms with Crippen LogP contribution in [0.2, 0.25) is 0 Å². The van der Waals surface area contributed by atoms with Gasteiger partial charge in [0.2, 0.25) is 0 Å². The number of anilines is 1. The van der Waals surface area contributed by atoms with Crippen molar-refractivity contribution in [2.24, 2.45) is 0 Å². The van der Waals surface area contributed by atoms with Crippen LogP contribution >= 0.6 is 0 Å². The van der Waals surface area contributed by atoms with Gasteiger partial charge in [0.05, 0.1) is 13.2 Å². The highest BCUT2D eigenvalue weighted by atomic mass is 16.5. The predicted octanol–water partition coefficient (Wildman–Crippen LogP) is 5.14. The number of hydrogen-bond donors (Lipinski definition) is 1. The topological polar surface area (TPSA) is 30.5 Å². The Morgan fingerprint density at radius 3 is 2.30 bits per heavy atom. The molecule has 0 spiro atoms. The predicted molar refractivity (Wildman–Crippen MR) is 96.5 cm³/mol. The summed E-state index contributed by atoms with van der Waals surface area (Å²) in [5.74, 6) is 1.84. The molecule has 124 valence electrons. The SMILES string of the molecule is CCCCOc1ccc(NCC(CC)Oc2ccccc2)cc1. The molecule has 2 aromatic carbocycles. The van der Waals surface area contributed by atoms with Crippen molar-refractivity contribution < 1.29 is 9.47 Å². The van der Waals surface area contributed by atoms with Gasteiger partial charge in [-0.2, -0.15) is 0 Å². The van der Waals surface area contributed by atoms with Crippen molar-refractivity contribution in [2.75, 3.05) is 18.5 Å². The summed E-state index contributed by atoms with van der Waals surface area (Å²) in [6, 6.07) is 18.1. The molecule has 3 heteroatoms. The Labute approximate surface area is 139 Å². The van der Waals surface area contributed by atoms with E-state index in [1.807, 2.05) is 42.5 Å². The second-order valence-electron chi connectivity index (χ2n) is 5.57. The zero-order valence-corrected chi connectivity index (χ0v) is 14.1. The molecule has 1 N–H and O–H groups in total. The Balaban J connectivity index is 1.79. The van der Waals surface area contributed by atoms with Crippen molar-refractivity contribution in [1.82, 2.24) is 0 Å². The van der Waals surface area contributed by atoms with Crippen LogP contribution in [0.15, 0.2) is 54.6 Å². The van der Waals surface area contributed by atoms with Crippen LogP contribution in [0, 0.1) is 0 Å². The minimum absolute atomic E-state index is 0.151. The van der Waals surface area contributed by atoms with Gasteiger partial charge >= 0.3 is 0 Å². The minimum Gasteiger partial charge on any atom is -0.494 e. The molecule has 1 atom stereocenters. The smallest absolute Gasteiger partial charge is 0.119 e. The fourth-order valence-corrected chi connectivity index (χ4v) is 2.20. The third-order valence-electron chi connectivity index (χ3n) is 3.66. The lowest BCUT2D eigenvalue weighted by atomic mass is 10.2. The van der Waals surface area contributed by atoms with Gasteiger partial charge in [0.25, 0.3) is 0 Å². The second kappa shape index (κ2) is 9.78. The van der Waals surface area contributed by atoms with Crippen LogP contribution in [-0.4, -0.2) is 19.3 Å². The van der Waals surface area contributed by atoms with Crippen LogP contribution in [0.4, 0.5) is 5.69 Å². The molecule has 0 aliphatic carbocycles. The van der Waals surface area contributed by atoms with E-state index in [1.54, 1.807) is 0 Å². The summed E-state index contributed by atoms with van der Waals surface area (Å²) in [6.45, 7) is 5.87. The van der Waals surface area contributed by atoms with Gasteiger partial charge in [0.1, 0.15) is 17.6 Å². The molecule has 0 heterocycles. The number of para-hydroxylation sites is 1. The van der Waals surface area contributed by atoms with E-state index in [4.69, 9.17) is 9.47 Å². The Bertz CT molecular complexity index is 539. The van der Waals surface area contributed by atoms with Crippen LogP contribution < -0.4 is 14.8 Å². The van der Waals surface area contributed by atoms with Crippen molar-refractivity contribution in [3.05, 3.63) is 54.6 Å². The Morgan fingerprint density at radius 1 is 0.913 bits per heavy atom. The largest absolute Gasteiger partial charge is 0.494 e. The van der Waals surface area contributed by atoms with E-state index >= 15 is 0 Å². The maximum atomic E-state index is 5.99. The molecular formula is C20H27NO2. The first-order valence-corrected chi connectivity index (χ1v) is 8.50. The molecule has 0 fully saturated rings. The molecule has 0 amide bonds. The van der Waals surface area contributed by atoms with Gasteiger partial charge in [-0.05, 0) is 49.2 Å². The van der Waals surface area contributed by atoms with Crippen LogP contribution in [0.5, 0.6) is 11.5 Å². The lowest BCUT2D eigenvalue weighted by Crippen LogP contribution is -2.25. The fourth-order valence-electron chi connectivity index (χ4n) is 2.20. The fraction of sp³-hybridized carbons (Fsp3) is 0.400. The normalized spacial score (nSPS) is 11.7. The Kier molecular flexibility index (Phi) is 7.31. The highest BCUT2D eigenvalue weighted by Crippen LogP contribution is 2.17. The van der Waals surface area contributed by atoms with Crippen molar-refractivity contribution in [3.8, 4) is 11.5 Å². The first-order valence-electron chi connectivity index (χ1n) is 8.50. The molecule has 2 aromatic rings. The second-order valence-corrected chi connectivity index (χ2v) is 5.57. The zero-order valence-electron chi connectivity index (χ0n) is 14.1. The highest BCUT2D eigenvalue weighted by Gasteiger charge is 2.07. The van der Waals surface area contributed by atoms with E-state index in [2.05, 4.69) is 31.3 Å². The Morgan fingerprint density at radius 2 is 1.65 bits per heavy atom. The van der Waals surface area contributed by atoms with E-state index in [0.717, 1.165) is 49.6 Å². The molecule has 1 unspecified atom stereocenters. The van der Waals surface area contributed by atoms with E-state index in [-0.39, 0.29) is 6.10 Å². The lowest BCUT2D eigenvalue weighted by molar-refractivity contribution is 0.210. The number of ether oxygens (including phenoxy) is 2. The summed E-state index contributed by atoms with van der Waals surface area (Å²) in [5, 5.41) is 3.43. The average Bonchev–Trinajstić information content (AvgIpc) is 2.61. The molecule has 0 bridgehead atoms. The van der Waals surface area contributed by atoms with Gasteiger partial charge in [0, 0.05) is 5.69 Å². The minimum atomic E-state index is 0.151. The molecular weight excluding hydrogens is 286 g/mol. The third kappa shape index (κ3) is 6.23. The van der Waals surface area contributed by atoms with Crippen molar-refractivity contribution in [3.63, 3.8) is 0 Å². The standard InChI is InChI=1S/C20H27NO2/c1-3-5-15-22-19-13-11-17(12-14-19)21-16-18(4-2)23-20-9-7-6-8-10-20/h6-14,18,21H,3-5,15-16H2,1-2H3. The number of nitrogens with one attached hydrogen (secondary N) is 1. The van der Waals surface area contributed by atoms with Crippen LogP contribution in [0.3, 0.4) is 0 Å². The number of hydrogen-bond acceptors (Lipinski definition) is 3. The summed E-state index contributed by atoms with van der Waals surface area (Å²) < 4.78 is 11.7. The Hall–Kier alpha value is -2.16. The number of benzene rings is 2. The summed E-state index contributed by atoms with van der Waals surface area (Å²) in [6.07, 6.45) is 3.35. The zero-order chi connectivity index (χ0) is 16.3. The van der Waals surface area contributed by atoms with Gasteiger partial charge in [-0.3, -0.25) is 0 Å². The third-order valence-corrected chi connectivity index (χ3v) is 3.66. The molecule has 0 aromatic heterocycles. The molecule has 23 heavy (non-hydrogen) atoms. The van der Waals surface area contributed by atoms with Crippen molar-refractivity contribution in [1.29, 1.82) is 0 Å². The van der Waals surface area contributed by atoms with Gasteiger partial charge in [0.15, 0.2) is 0 Å². The van der Waals surface area contributed by atoms with E-state index < -0.39 is 0 Å². The number of rotatable bonds is 10. The number of unbranched alkanes of at least 4 members (excludes halogenated alkanes) is 1. The van der Waals surface area contributed by atoms with E-state index in [9.17, 15) is 0 Å². The molecule has 2 rings (SSSR count). The maximum Gasteiger partial charge on any atom is 0.119 e. The first-order chi connectivity index (χ1) is 11.3. The quantitative estimate of drug-likeness (QED) is 0.616. The molecule has 0 radical (unpaired) electrons. The van der Waals surface area contributed by atoms with Crippen LogP contribution in [0.25, 0.3) is 0 Å².